The van der Waals surface area contributed by atoms with Crippen LogP contribution in [-0.2, 0) is 0 Å². The third kappa shape index (κ3) is 2.40. The van der Waals surface area contributed by atoms with E-state index in [-0.39, 0.29) is 0 Å². The van der Waals surface area contributed by atoms with Crippen molar-refractivity contribution in [2.24, 2.45) is 0 Å². The van der Waals surface area contributed by atoms with Gasteiger partial charge in [-0.3, -0.25) is 0 Å². The van der Waals surface area contributed by atoms with Crippen LogP contribution in [0.25, 0.3) is 0 Å². The van der Waals surface area contributed by atoms with Crippen molar-refractivity contribution in [2.75, 3.05) is 33.6 Å². The molecule has 0 saturated carbocycles. The fourth-order valence-electron chi connectivity index (χ4n) is 3.46. The standard InChI is InChI=1S/C16H23NO2S/c1-17-8-4-5-12(17)9-11-10-20-16-13(11)6-7-14(18-2)15(16)19-3/h6-7,11-12H,4-5,8-10H2,1-3H3/t11?,12-/m1/s1. The van der Waals surface area contributed by atoms with E-state index >= 15 is 0 Å². The van der Waals surface area contributed by atoms with Crippen LogP contribution in [-0.4, -0.2) is 44.5 Å². The second kappa shape index (κ2) is 5.86. The molecule has 2 heterocycles. The van der Waals surface area contributed by atoms with Gasteiger partial charge in [0.1, 0.15) is 0 Å². The van der Waals surface area contributed by atoms with Crippen LogP contribution in [0.3, 0.4) is 0 Å². The van der Waals surface area contributed by atoms with Crippen molar-refractivity contribution in [3.63, 3.8) is 0 Å². The van der Waals surface area contributed by atoms with Gasteiger partial charge in [0, 0.05) is 11.8 Å². The molecular weight excluding hydrogens is 270 g/mol. The molecule has 0 N–H and O–H groups in total. The number of hydrogen-bond acceptors (Lipinski definition) is 4. The summed E-state index contributed by atoms with van der Waals surface area (Å²) < 4.78 is 11.0. The van der Waals surface area contributed by atoms with Crippen molar-refractivity contribution in [3.05, 3.63) is 17.7 Å². The van der Waals surface area contributed by atoms with E-state index < -0.39 is 0 Å². The maximum atomic E-state index is 5.56. The van der Waals surface area contributed by atoms with Crippen LogP contribution in [0, 0.1) is 0 Å². The normalized spacial score (nSPS) is 25.8. The highest BCUT2D eigenvalue weighted by Crippen LogP contribution is 2.50. The van der Waals surface area contributed by atoms with Crippen LogP contribution in [0.5, 0.6) is 11.5 Å². The number of rotatable bonds is 4. The Hall–Kier alpha value is -0.870. The molecule has 2 aliphatic rings. The second-order valence-corrected chi connectivity index (χ2v) is 6.77. The smallest absolute Gasteiger partial charge is 0.174 e. The number of fused-ring (bicyclic) bond motifs is 1. The van der Waals surface area contributed by atoms with Crippen LogP contribution < -0.4 is 9.47 Å². The Morgan fingerprint density at radius 3 is 2.80 bits per heavy atom. The first-order chi connectivity index (χ1) is 9.74. The van der Waals surface area contributed by atoms with Gasteiger partial charge in [0.2, 0.25) is 0 Å². The first-order valence-corrected chi connectivity index (χ1v) is 8.31. The Balaban J connectivity index is 1.83. The Kier molecular flexibility index (Phi) is 4.13. The molecule has 4 heteroatoms. The molecule has 20 heavy (non-hydrogen) atoms. The molecule has 0 amide bonds. The summed E-state index contributed by atoms with van der Waals surface area (Å²) in [7, 11) is 5.70. The quantitative estimate of drug-likeness (QED) is 0.848. The topological polar surface area (TPSA) is 21.7 Å². The number of likely N-dealkylation sites (tertiary alicyclic amines) is 1. The summed E-state index contributed by atoms with van der Waals surface area (Å²) in [6, 6.07) is 5.03. The Labute approximate surface area is 125 Å². The Bertz CT molecular complexity index is 492. The Morgan fingerprint density at radius 2 is 2.15 bits per heavy atom. The van der Waals surface area contributed by atoms with E-state index in [0.717, 1.165) is 17.5 Å². The molecule has 110 valence electrons. The first kappa shape index (κ1) is 14.1. The Morgan fingerprint density at radius 1 is 1.30 bits per heavy atom. The third-order valence-corrected chi connectivity index (χ3v) is 5.91. The molecule has 3 rings (SSSR count). The van der Waals surface area contributed by atoms with Crippen molar-refractivity contribution >= 4 is 11.8 Å². The molecule has 0 spiro atoms. The highest BCUT2D eigenvalue weighted by Gasteiger charge is 2.32. The van der Waals surface area contributed by atoms with Crippen LogP contribution in [0.2, 0.25) is 0 Å². The molecule has 2 aliphatic heterocycles. The van der Waals surface area contributed by atoms with E-state index in [4.69, 9.17) is 9.47 Å². The minimum Gasteiger partial charge on any atom is -0.493 e. The summed E-state index contributed by atoms with van der Waals surface area (Å²) >= 11 is 1.92. The number of methoxy groups -OCH3 is 2. The molecule has 1 saturated heterocycles. The summed E-state index contributed by atoms with van der Waals surface area (Å²) in [4.78, 5) is 3.81. The van der Waals surface area contributed by atoms with Crippen molar-refractivity contribution in [3.8, 4) is 11.5 Å². The molecule has 1 aromatic rings. The van der Waals surface area contributed by atoms with Crippen LogP contribution >= 0.6 is 11.8 Å². The van der Waals surface area contributed by atoms with Gasteiger partial charge in [0.25, 0.3) is 0 Å². The minimum absolute atomic E-state index is 0.653. The lowest BCUT2D eigenvalue weighted by Crippen LogP contribution is -2.26. The molecule has 1 fully saturated rings. The average molecular weight is 293 g/mol. The minimum atomic E-state index is 0.653. The van der Waals surface area contributed by atoms with Gasteiger partial charge in [-0.15, -0.1) is 11.8 Å². The largest absolute Gasteiger partial charge is 0.493 e. The molecule has 2 atom stereocenters. The van der Waals surface area contributed by atoms with Gasteiger partial charge in [-0.1, -0.05) is 6.07 Å². The lowest BCUT2D eigenvalue weighted by atomic mass is 9.92. The number of benzene rings is 1. The van der Waals surface area contributed by atoms with E-state index in [2.05, 4.69) is 24.1 Å². The van der Waals surface area contributed by atoms with Crippen molar-refractivity contribution in [1.82, 2.24) is 4.90 Å². The van der Waals surface area contributed by atoms with E-state index in [1.54, 1.807) is 14.2 Å². The predicted octanol–water partition coefficient (Wildman–Crippen LogP) is 3.38. The highest BCUT2D eigenvalue weighted by molar-refractivity contribution is 7.99. The number of thioether (sulfide) groups is 1. The zero-order valence-electron chi connectivity index (χ0n) is 12.5. The summed E-state index contributed by atoms with van der Waals surface area (Å²) in [5.74, 6) is 3.58. The molecule has 0 aliphatic carbocycles. The third-order valence-electron chi connectivity index (χ3n) is 4.63. The molecule has 0 radical (unpaired) electrons. The molecule has 3 nitrogen and oxygen atoms in total. The average Bonchev–Trinajstić information content (AvgIpc) is 3.05. The molecule has 0 bridgehead atoms. The zero-order chi connectivity index (χ0) is 14.1. The van der Waals surface area contributed by atoms with Gasteiger partial charge in [-0.05, 0) is 50.4 Å². The number of ether oxygens (including phenoxy) is 2. The summed E-state index contributed by atoms with van der Waals surface area (Å²) in [5, 5.41) is 0. The molecular formula is C16H23NO2S. The van der Waals surface area contributed by atoms with Crippen LogP contribution in [0.4, 0.5) is 0 Å². The fraction of sp³-hybridized carbons (Fsp3) is 0.625. The van der Waals surface area contributed by atoms with Crippen LogP contribution in [0.1, 0.15) is 30.7 Å². The highest BCUT2D eigenvalue weighted by atomic mass is 32.2. The summed E-state index contributed by atoms with van der Waals surface area (Å²) in [6.45, 7) is 1.25. The second-order valence-electron chi connectivity index (χ2n) is 5.74. The fourth-order valence-corrected chi connectivity index (χ4v) is 4.86. The van der Waals surface area contributed by atoms with Crippen molar-refractivity contribution in [2.45, 2.75) is 36.1 Å². The molecule has 1 aromatic carbocycles. The lowest BCUT2D eigenvalue weighted by molar-refractivity contribution is 0.285. The van der Waals surface area contributed by atoms with Crippen molar-refractivity contribution < 1.29 is 9.47 Å². The van der Waals surface area contributed by atoms with E-state index in [1.807, 2.05) is 11.8 Å². The summed E-state index contributed by atoms with van der Waals surface area (Å²) in [5.41, 5.74) is 1.45. The van der Waals surface area contributed by atoms with Gasteiger partial charge in [-0.2, -0.15) is 0 Å². The number of hydrogen-bond donors (Lipinski definition) is 0. The van der Waals surface area contributed by atoms with Gasteiger partial charge in [0.05, 0.1) is 19.1 Å². The van der Waals surface area contributed by atoms with Gasteiger partial charge in [-0.25, -0.2) is 0 Å². The number of nitrogens with zero attached hydrogens (tertiary/aromatic N) is 1. The van der Waals surface area contributed by atoms with Gasteiger partial charge < -0.3 is 14.4 Å². The monoisotopic (exact) mass is 293 g/mol. The van der Waals surface area contributed by atoms with E-state index in [0.29, 0.717) is 5.92 Å². The van der Waals surface area contributed by atoms with Crippen LogP contribution in [0.15, 0.2) is 17.0 Å². The molecule has 1 unspecified atom stereocenters. The lowest BCUT2D eigenvalue weighted by Gasteiger charge is -2.23. The van der Waals surface area contributed by atoms with E-state index in [1.165, 1.54) is 42.0 Å². The van der Waals surface area contributed by atoms with Crippen molar-refractivity contribution in [1.29, 1.82) is 0 Å². The SMILES string of the molecule is COc1ccc2c(c1OC)SCC2C[C@H]1CCCN1C. The maximum absolute atomic E-state index is 5.56. The maximum Gasteiger partial charge on any atom is 0.174 e. The first-order valence-electron chi connectivity index (χ1n) is 7.32. The summed E-state index contributed by atoms with van der Waals surface area (Å²) in [6.07, 6.45) is 3.96. The van der Waals surface area contributed by atoms with Gasteiger partial charge in [0.15, 0.2) is 11.5 Å². The predicted molar refractivity (Wildman–Crippen MR) is 83.3 cm³/mol. The van der Waals surface area contributed by atoms with E-state index in [9.17, 15) is 0 Å². The van der Waals surface area contributed by atoms with Gasteiger partial charge >= 0.3 is 0 Å². The zero-order valence-corrected chi connectivity index (χ0v) is 13.3. The molecule has 0 aromatic heterocycles.